The maximum absolute atomic E-state index is 14.9. The van der Waals surface area contributed by atoms with Gasteiger partial charge in [0.2, 0.25) is 5.91 Å². The number of rotatable bonds is 12. The van der Waals surface area contributed by atoms with Gasteiger partial charge in [0.1, 0.15) is 29.1 Å². The largest absolute Gasteiger partial charge is 0.497 e. The summed E-state index contributed by atoms with van der Waals surface area (Å²) in [6.45, 7) is 3.54. The van der Waals surface area contributed by atoms with Crippen molar-refractivity contribution in [3.8, 4) is 17.2 Å². The summed E-state index contributed by atoms with van der Waals surface area (Å²) in [6, 6.07) is 18.6. The minimum absolute atomic E-state index is 0.0802. The lowest BCUT2D eigenvalue weighted by Crippen LogP contribution is -2.42. The van der Waals surface area contributed by atoms with Gasteiger partial charge in [-0.2, -0.15) is 0 Å². The molecule has 0 aliphatic rings. The first-order valence-electron chi connectivity index (χ1n) is 13.4. The summed E-state index contributed by atoms with van der Waals surface area (Å²) < 4.78 is 31.0. The number of anilines is 1. The minimum Gasteiger partial charge on any atom is -0.497 e. The van der Waals surface area contributed by atoms with E-state index in [2.05, 4.69) is 15.3 Å². The Morgan fingerprint density at radius 2 is 1.53 bits per heavy atom. The molecule has 3 aromatic carbocycles. The molecule has 11 heteroatoms. The Labute approximate surface area is 254 Å². The van der Waals surface area contributed by atoms with E-state index in [-0.39, 0.29) is 17.9 Å². The van der Waals surface area contributed by atoms with Crippen molar-refractivity contribution in [3.05, 3.63) is 101 Å². The standard InChI is InChI=1S/C32H33FN4O5S/c1-20-16-21(2)35-32(34-20)43-19-29(38)37(18-23-8-6-7-9-26(23)33)30(22-10-12-24(40-3)13-11-22)31(39)36-27-15-14-25(41-4)17-28(27)42-5/h6-17,30H,18-19H2,1-5H3,(H,36,39)/t30-/m1/s1. The van der Waals surface area contributed by atoms with Crippen molar-refractivity contribution >= 4 is 29.3 Å². The number of hydrogen-bond donors (Lipinski definition) is 1. The van der Waals surface area contributed by atoms with Gasteiger partial charge in [-0.1, -0.05) is 42.1 Å². The lowest BCUT2D eigenvalue weighted by atomic mass is 10.0. The molecule has 43 heavy (non-hydrogen) atoms. The van der Waals surface area contributed by atoms with Gasteiger partial charge in [0.05, 0.1) is 32.8 Å². The van der Waals surface area contributed by atoms with E-state index in [1.807, 2.05) is 19.9 Å². The van der Waals surface area contributed by atoms with Gasteiger partial charge in [-0.15, -0.1) is 0 Å². The monoisotopic (exact) mass is 604 g/mol. The number of aromatic nitrogens is 2. The molecule has 4 rings (SSSR count). The highest BCUT2D eigenvalue weighted by atomic mass is 32.2. The van der Waals surface area contributed by atoms with Crippen LogP contribution < -0.4 is 19.5 Å². The van der Waals surface area contributed by atoms with E-state index >= 15 is 0 Å². The smallest absolute Gasteiger partial charge is 0.251 e. The summed E-state index contributed by atoms with van der Waals surface area (Å²) in [5.41, 5.74) is 2.69. The van der Waals surface area contributed by atoms with Crippen molar-refractivity contribution in [2.75, 3.05) is 32.4 Å². The normalized spacial score (nSPS) is 11.4. The number of carbonyl (C=O) groups is 2. The molecule has 1 aromatic heterocycles. The quantitative estimate of drug-likeness (QED) is 0.161. The Morgan fingerprint density at radius 1 is 0.884 bits per heavy atom. The zero-order valence-electron chi connectivity index (χ0n) is 24.6. The molecule has 0 aliphatic heterocycles. The summed E-state index contributed by atoms with van der Waals surface area (Å²) in [7, 11) is 4.54. The average molecular weight is 605 g/mol. The summed E-state index contributed by atoms with van der Waals surface area (Å²) in [5.74, 6) is -0.00669. The number of methoxy groups -OCH3 is 3. The highest BCUT2D eigenvalue weighted by Crippen LogP contribution is 2.33. The summed E-state index contributed by atoms with van der Waals surface area (Å²) in [4.78, 5) is 38.3. The summed E-state index contributed by atoms with van der Waals surface area (Å²) in [6.07, 6.45) is 0. The van der Waals surface area contributed by atoms with Gasteiger partial charge in [-0.05, 0) is 55.8 Å². The van der Waals surface area contributed by atoms with E-state index in [0.29, 0.717) is 33.7 Å². The van der Waals surface area contributed by atoms with Gasteiger partial charge in [0, 0.05) is 29.6 Å². The van der Waals surface area contributed by atoms with Crippen LogP contribution in [0.25, 0.3) is 0 Å². The molecule has 0 unspecified atom stereocenters. The van der Waals surface area contributed by atoms with Gasteiger partial charge in [-0.3, -0.25) is 9.59 Å². The molecule has 0 aliphatic carbocycles. The van der Waals surface area contributed by atoms with E-state index in [9.17, 15) is 14.0 Å². The molecule has 1 heterocycles. The molecule has 2 amide bonds. The van der Waals surface area contributed by atoms with Gasteiger partial charge in [-0.25, -0.2) is 14.4 Å². The van der Waals surface area contributed by atoms with E-state index in [1.165, 1.54) is 32.3 Å². The van der Waals surface area contributed by atoms with Gasteiger partial charge >= 0.3 is 0 Å². The molecule has 0 radical (unpaired) electrons. The fraction of sp³-hybridized carbons (Fsp3) is 0.250. The first kappa shape index (κ1) is 31.3. The molecule has 0 saturated heterocycles. The third kappa shape index (κ3) is 8.01. The maximum atomic E-state index is 14.9. The first-order valence-corrected chi connectivity index (χ1v) is 14.4. The van der Waals surface area contributed by atoms with Crippen molar-refractivity contribution in [2.24, 2.45) is 0 Å². The number of carbonyl (C=O) groups excluding carboxylic acids is 2. The van der Waals surface area contributed by atoms with E-state index < -0.39 is 23.7 Å². The molecular formula is C32H33FN4O5S. The van der Waals surface area contributed by atoms with Crippen molar-refractivity contribution in [1.29, 1.82) is 0 Å². The number of hydrogen-bond acceptors (Lipinski definition) is 8. The van der Waals surface area contributed by atoms with Gasteiger partial charge < -0.3 is 24.4 Å². The van der Waals surface area contributed by atoms with Crippen LogP contribution in [0.2, 0.25) is 0 Å². The molecule has 0 bridgehead atoms. The number of nitrogens with zero attached hydrogens (tertiary/aromatic N) is 3. The fourth-order valence-corrected chi connectivity index (χ4v) is 5.30. The number of aryl methyl sites for hydroxylation is 2. The Kier molecular flexibility index (Phi) is 10.6. The molecule has 224 valence electrons. The van der Waals surface area contributed by atoms with Crippen LogP contribution in [0.4, 0.5) is 10.1 Å². The van der Waals surface area contributed by atoms with E-state index in [4.69, 9.17) is 14.2 Å². The second-order valence-electron chi connectivity index (χ2n) is 9.57. The maximum Gasteiger partial charge on any atom is 0.251 e. The van der Waals surface area contributed by atoms with Crippen LogP contribution >= 0.6 is 11.8 Å². The fourth-order valence-electron chi connectivity index (χ4n) is 4.46. The van der Waals surface area contributed by atoms with Crippen molar-refractivity contribution in [1.82, 2.24) is 14.9 Å². The number of ether oxygens (including phenoxy) is 3. The second kappa shape index (κ2) is 14.5. The van der Waals surface area contributed by atoms with Crippen LogP contribution in [0.5, 0.6) is 17.2 Å². The highest BCUT2D eigenvalue weighted by Gasteiger charge is 2.33. The zero-order valence-corrected chi connectivity index (χ0v) is 25.4. The van der Waals surface area contributed by atoms with Crippen LogP contribution in [0.1, 0.15) is 28.6 Å². The molecule has 4 aromatic rings. The first-order chi connectivity index (χ1) is 20.7. The SMILES string of the molecule is COc1ccc([C@H](C(=O)Nc2ccc(OC)cc2OC)N(Cc2ccccc2F)C(=O)CSc2nc(C)cc(C)n2)cc1. The summed E-state index contributed by atoms with van der Waals surface area (Å²) >= 11 is 1.15. The van der Waals surface area contributed by atoms with Crippen LogP contribution in [0.3, 0.4) is 0 Å². The van der Waals surface area contributed by atoms with Crippen LogP contribution in [-0.2, 0) is 16.1 Å². The molecule has 0 spiro atoms. The predicted molar refractivity (Wildman–Crippen MR) is 163 cm³/mol. The van der Waals surface area contributed by atoms with Crippen LogP contribution in [-0.4, -0.2) is 53.8 Å². The number of nitrogens with one attached hydrogen (secondary N) is 1. The molecular weight excluding hydrogens is 571 g/mol. The number of thioether (sulfide) groups is 1. The highest BCUT2D eigenvalue weighted by molar-refractivity contribution is 7.99. The Hall–Kier alpha value is -4.64. The van der Waals surface area contributed by atoms with Gasteiger partial charge in [0.25, 0.3) is 5.91 Å². The van der Waals surface area contributed by atoms with E-state index in [0.717, 1.165) is 23.1 Å². The van der Waals surface area contributed by atoms with Crippen LogP contribution in [0, 0.1) is 19.7 Å². The second-order valence-corrected chi connectivity index (χ2v) is 10.5. The van der Waals surface area contributed by atoms with Crippen LogP contribution in [0.15, 0.2) is 78.0 Å². The predicted octanol–water partition coefficient (Wildman–Crippen LogP) is 5.76. The number of amides is 2. The number of benzene rings is 3. The molecule has 1 atom stereocenters. The number of halogens is 1. The molecule has 0 fully saturated rings. The summed E-state index contributed by atoms with van der Waals surface area (Å²) in [5, 5.41) is 3.33. The molecule has 1 N–H and O–H groups in total. The minimum atomic E-state index is -1.15. The average Bonchev–Trinajstić information content (AvgIpc) is 3.00. The third-order valence-electron chi connectivity index (χ3n) is 6.56. The third-order valence-corrected chi connectivity index (χ3v) is 7.40. The Morgan fingerprint density at radius 3 is 2.16 bits per heavy atom. The lowest BCUT2D eigenvalue weighted by Gasteiger charge is -2.32. The molecule has 0 saturated carbocycles. The van der Waals surface area contributed by atoms with Gasteiger partial charge in [0.15, 0.2) is 5.16 Å². The van der Waals surface area contributed by atoms with Crippen molar-refractivity contribution < 1.29 is 28.2 Å². The topological polar surface area (TPSA) is 103 Å². The molecule has 9 nitrogen and oxygen atoms in total. The Bertz CT molecular complexity index is 1560. The zero-order chi connectivity index (χ0) is 30.9. The lowest BCUT2D eigenvalue weighted by molar-refractivity contribution is -0.137. The van der Waals surface area contributed by atoms with Crippen molar-refractivity contribution in [3.63, 3.8) is 0 Å². The van der Waals surface area contributed by atoms with E-state index in [1.54, 1.807) is 60.7 Å². The van der Waals surface area contributed by atoms with Crippen molar-refractivity contribution in [2.45, 2.75) is 31.6 Å². The Balaban J connectivity index is 1.75.